The van der Waals surface area contributed by atoms with Crippen LogP contribution in [0, 0.1) is 0 Å². The van der Waals surface area contributed by atoms with Gasteiger partial charge in [0.25, 0.3) is 20.2 Å². The molecule has 0 atom stereocenters. The van der Waals surface area contributed by atoms with Gasteiger partial charge in [-0.25, -0.2) is 9.59 Å². The maximum Gasteiger partial charge on any atom is 0.335 e. The minimum absolute atomic E-state index is 0.0122. The van der Waals surface area contributed by atoms with E-state index >= 15 is 0 Å². The third-order valence-corrected chi connectivity index (χ3v) is 8.67. The van der Waals surface area contributed by atoms with Crippen molar-refractivity contribution < 1.29 is 60.8 Å². The largest absolute Gasteiger partial charge is 0.505 e. The molecule has 0 radical (unpaired) electrons. The minimum Gasteiger partial charge on any atom is -0.505 e. The molecule has 0 aromatic heterocycles. The summed E-state index contributed by atoms with van der Waals surface area (Å²) in [6, 6.07) is 13.8. The van der Waals surface area contributed by atoms with Gasteiger partial charge in [-0.2, -0.15) is 21.9 Å². The Hall–Kier alpha value is -6.35. The van der Waals surface area contributed by atoms with Crippen LogP contribution >= 0.6 is 0 Å². The van der Waals surface area contributed by atoms with Gasteiger partial charge in [-0.05, 0) is 66.0 Å². The number of rotatable bonds is 11. The summed E-state index contributed by atoms with van der Waals surface area (Å²) in [5.74, 6) is -4.79. The van der Waals surface area contributed by atoms with Crippen molar-refractivity contribution in [2.45, 2.75) is 9.79 Å². The smallest absolute Gasteiger partial charge is 0.335 e. The van der Waals surface area contributed by atoms with E-state index in [0.29, 0.717) is 0 Å². The number of carboxylic acid groups (broad SMARTS) is 3. The van der Waals surface area contributed by atoms with E-state index in [9.17, 15) is 55.6 Å². The average molecular weight is 724 g/mol. The molecule has 7 N–H and O–H groups in total. The summed E-state index contributed by atoms with van der Waals surface area (Å²) in [7, 11) is -9.77. The molecule has 50 heavy (non-hydrogen) atoms. The number of anilines is 1. The third-order valence-electron chi connectivity index (χ3n) is 6.96. The number of aliphatic carboxylic acids is 1. The maximum absolute atomic E-state index is 12.3. The van der Waals surface area contributed by atoms with Crippen molar-refractivity contribution in [2.75, 3.05) is 11.9 Å². The first kappa shape index (κ1) is 35.0. The summed E-state index contributed by atoms with van der Waals surface area (Å²) in [6.07, 6.45) is 0. The number of fused-ring (bicyclic) bond motifs is 2. The molecule has 20 heteroatoms. The summed E-state index contributed by atoms with van der Waals surface area (Å²) in [5.41, 5.74) is -1.58. The fraction of sp³-hybridized carbons (Fsp3) is 0.0333. The van der Waals surface area contributed by atoms with Crippen LogP contribution in [0.4, 0.5) is 28.4 Å². The second kappa shape index (κ2) is 13.3. The summed E-state index contributed by atoms with van der Waals surface area (Å²) in [5, 5.41) is 57.4. The van der Waals surface area contributed by atoms with Gasteiger partial charge in [-0.1, -0.05) is 12.1 Å². The van der Waals surface area contributed by atoms with Gasteiger partial charge in [0.05, 0.1) is 33.1 Å². The van der Waals surface area contributed by atoms with E-state index in [-0.39, 0.29) is 44.3 Å². The molecule has 0 unspecified atom stereocenters. The van der Waals surface area contributed by atoms with E-state index in [2.05, 4.69) is 25.8 Å². The van der Waals surface area contributed by atoms with Gasteiger partial charge in [0.2, 0.25) is 0 Å². The second-order valence-electron chi connectivity index (χ2n) is 10.3. The Morgan fingerprint density at radius 3 is 1.84 bits per heavy atom. The number of hydrogen-bond donors (Lipinski definition) is 7. The maximum atomic E-state index is 12.3. The highest BCUT2D eigenvalue weighted by atomic mass is 32.2. The highest BCUT2D eigenvalue weighted by Gasteiger charge is 2.23. The number of hydrogen-bond acceptors (Lipinski definition) is 13. The van der Waals surface area contributed by atoms with Gasteiger partial charge in [-0.3, -0.25) is 13.9 Å². The fourth-order valence-electron chi connectivity index (χ4n) is 4.68. The van der Waals surface area contributed by atoms with E-state index < -0.39 is 77.0 Å². The zero-order chi connectivity index (χ0) is 36.5. The normalized spacial score (nSPS) is 12.2. The monoisotopic (exact) mass is 723 g/mol. The van der Waals surface area contributed by atoms with Crippen LogP contribution in [0.15, 0.2) is 103 Å². The van der Waals surface area contributed by atoms with E-state index in [0.717, 1.165) is 36.4 Å². The molecular weight excluding hydrogens is 702 g/mol. The molecule has 5 rings (SSSR count). The van der Waals surface area contributed by atoms with Crippen LogP contribution in [0.25, 0.3) is 21.5 Å². The van der Waals surface area contributed by atoms with Gasteiger partial charge >= 0.3 is 17.9 Å². The number of benzene rings is 5. The van der Waals surface area contributed by atoms with Crippen LogP contribution in [-0.4, -0.2) is 70.8 Å². The zero-order valence-electron chi connectivity index (χ0n) is 24.8. The summed E-state index contributed by atoms with van der Waals surface area (Å²) < 4.78 is 68.1. The highest BCUT2D eigenvalue weighted by molar-refractivity contribution is 7.86. The minimum atomic E-state index is -5.01. The summed E-state index contributed by atoms with van der Waals surface area (Å²) in [6.45, 7) is -0.470. The van der Waals surface area contributed by atoms with Gasteiger partial charge in [-0.15, -0.1) is 15.3 Å². The highest BCUT2D eigenvalue weighted by Crippen LogP contribution is 2.43. The molecule has 5 aromatic carbocycles. The Balaban J connectivity index is 1.66. The van der Waals surface area contributed by atoms with Crippen molar-refractivity contribution >= 4 is 88.1 Å². The molecule has 0 aliphatic rings. The Morgan fingerprint density at radius 2 is 1.26 bits per heavy atom. The molecule has 0 saturated heterocycles. The summed E-state index contributed by atoms with van der Waals surface area (Å²) >= 11 is 0. The predicted molar refractivity (Wildman–Crippen MR) is 174 cm³/mol. The molecule has 256 valence electrons. The van der Waals surface area contributed by atoms with Crippen molar-refractivity contribution in [3.8, 4) is 5.75 Å². The van der Waals surface area contributed by atoms with E-state index in [4.69, 9.17) is 5.11 Å². The average Bonchev–Trinajstić information content (AvgIpc) is 3.04. The second-order valence-corrected chi connectivity index (χ2v) is 13.1. The van der Waals surface area contributed by atoms with E-state index in [1.807, 2.05) is 0 Å². The van der Waals surface area contributed by atoms with Gasteiger partial charge in [0, 0.05) is 21.8 Å². The predicted octanol–water partition coefficient (Wildman–Crippen LogP) is 5.92. The molecule has 18 nitrogen and oxygen atoms in total. The molecule has 0 amide bonds. The van der Waals surface area contributed by atoms with Crippen LogP contribution in [-0.2, 0) is 25.0 Å². The molecule has 5 aromatic rings. The molecule has 0 aliphatic heterocycles. The Morgan fingerprint density at radius 1 is 0.640 bits per heavy atom. The topological polar surface area (TPSA) is 302 Å². The van der Waals surface area contributed by atoms with Gasteiger partial charge < -0.3 is 25.7 Å². The lowest BCUT2D eigenvalue weighted by Crippen LogP contribution is -2.12. The van der Waals surface area contributed by atoms with Gasteiger partial charge in [0.15, 0.2) is 5.75 Å². The molecule has 0 heterocycles. The number of nitrogens with zero attached hydrogens (tertiary/aromatic N) is 4. The van der Waals surface area contributed by atoms with Crippen molar-refractivity contribution in [2.24, 2.45) is 20.5 Å². The van der Waals surface area contributed by atoms with Crippen molar-refractivity contribution in [1.82, 2.24) is 0 Å². The number of phenols is 1. The zero-order valence-corrected chi connectivity index (χ0v) is 26.4. The van der Waals surface area contributed by atoms with E-state index in [1.54, 1.807) is 0 Å². The third kappa shape index (κ3) is 7.52. The van der Waals surface area contributed by atoms with Crippen LogP contribution < -0.4 is 5.32 Å². The molecular formula is C30H21N5O13S2. The first-order valence-electron chi connectivity index (χ1n) is 13.6. The lowest BCUT2D eigenvalue weighted by molar-refractivity contribution is -0.134. The molecule has 0 bridgehead atoms. The van der Waals surface area contributed by atoms with Crippen molar-refractivity contribution in [3.05, 3.63) is 83.9 Å². The Kier molecular flexibility index (Phi) is 9.29. The standard InChI is InChI=1S/C30H21N5O13S2/c36-26(37)13-31-17-2-1-14-10-25(50(46,47)48)27(28(38)21(14)11-17)35-34-23-5-6-24(22-12-19(49(43,44)45)3-4-20(22)23)33-32-18-8-15(29(39)40)7-16(9-18)30(41)42/h1-12,31,38H,13H2,(H,36,37)(H,39,40)(H,41,42)(H,43,44,45)(H,46,47,48)/b33-32+,35-34+. The fourth-order valence-corrected chi connectivity index (χ4v) is 5.85. The van der Waals surface area contributed by atoms with Crippen LogP contribution in [0.2, 0.25) is 0 Å². The lowest BCUT2D eigenvalue weighted by atomic mass is 10.1. The number of aromatic hydroxyl groups is 1. The summed E-state index contributed by atoms with van der Waals surface area (Å²) in [4.78, 5) is 32.5. The SMILES string of the molecule is O=C(O)CNc1ccc2cc(S(=O)(=O)O)c(/N=N/c3ccc(/N=N/c4cc(C(=O)O)cc(C(=O)O)c4)c4cc(S(=O)(=O)O)ccc34)c(O)c2c1. The van der Waals surface area contributed by atoms with Crippen molar-refractivity contribution in [3.63, 3.8) is 0 Å². The number of nitrogens with one attached hydrogen (secondary N) is 1. The lowest BCUT2D eigenvalue weighted by Gasteiger charge is -2.11. The number of phenolic OH excluding ortho intramolecular Hbond substituents is 1. The van der Waals surface area contributed by atoms with Crippen molar-refractivity contribution in [1.29, 1.82) is 0 Å². The first-order valence-corrected chi connectivity index (χ1v) is 16.5. The number of aromatic carboxylic acids is 2. The molecule has 0 aliphatic carbocycles. The first-order chi connectivity index (χ1) is 23.4. The number of carboxylic acids is 3. The van der Waals surface area contributed by atoms with Crippen LogP contribution in [0.5, 0.6) is 5.75 Å². The molecule has 0 saturated carbocycles. The Bertz CT molecular complexity index is 2520. The van der Waals surface area contributed by atoms with Crippen LogP contribution in [0.1, 0.15) is 20.7 Å². The molecule has 0 fully saturated rings. The van der Waals surface area contributed by atoms with Gasteiger partial charge in [0.1, 0.15) is 17.1 Å². The number of carbonyl (C=O) groups is 3. The molecule has 0 spiro atoms. The van der Waals surface area contributed by atoms with E-state index in [1.165, 1.54) is 36.4 Å². The van der Waals surface area contributed by atoms with Crippen LogP contribution in [0.3, 0.4) is 0 Å². The Labute approximate surface area is 280 Å². The quantitative estimate of drug-likeness (QED) is 0.0615. The number of azo groups is 2.